The molecule has 1 unspecified atom stereocenters. The molecule has 1 atom stereocenters. The van der Waals surface area contributed by atoms with Crippen molar-refractivity contribution in [3.63, 3.8) is 0 Å². The first-order valence-electron chi connectivity index (χ1n) is 12.6. The third-order valence-corrected chi connectivity index (χ3v) is 7.19. The Bertz CT molecular complexity index is 1650. The maximum absolute atomic E-state index is 11.4. The summed E-state index contributed by atoms with van der Waals surface area (Å²) in [7, 11) is 0. The number of benzene rings is 2. The highest BCUT2D eigenvalue weighted by Crippen LogP contribution is 2.30. The second-order valence-corrected chi connectivity index (χ2v) is 9.74. The van der Waals surface area contributed by atoms with Crippen molar-refractivity contribution in [2.24, 2.45) is 0 Å². The van der Waals surface area contributed by atoms with E-state index in [1.165, 1.54) is 21.6 Å². The van der Waals surface area contributed by atoms with Crippen molar-refractivity contribution < 1.29 is 9.90 Å². The Hall–Kier alpha value is -4.73. The molecule has 0 aliphatic carbocycles. The number of carbonyl (C=O) groups is 1. The Kier molecular flexibility index (Phi) is 5.99. The second-order valence-electron chi connectivity index (χ2n) is 9.74. The molecule has 1 aliphatic heterocycles. The van der Waals surface area contributed by atoms with E-state index < -0.39 is 6.09 Å². The van der Waals surface area contributed by atoms with Gasteiger partial charge in [-0.3, -0.25) is 0 Å². The average molecular weight is 509 g/mol. The molecule has 38 heavy (non-hydrogen) atoms. The summed E-state index contributed by atoms with van der Waals surface area (Å²) in [4.78, 5) is 28.4. The van der Waals surface area contributed by atoms with Crippen molar-refractivity contribution in [1.82, 2.24) is 29.5 Å². The van der Waals surface area contributed by atoms with Crippen molar-refractivity contribution in [2.45, 2.75) is 26.3 Å². The topological polar surface area (TPSA) is 112 Å². The summed E-state index contributed by atoms with van der Waals surface area (Å²) in [5, 5.41) is 17.9. The quantitative estimate of drug-likeness (QED) is 0.357. The van der Waals surface area contributed by atoms with Crippen LogP contribution >= 0.6 is 0 Å². The minimum atomic E-state index is -0.868. The number of hydrogen-bond acceptors (Lipinski definition) is 7. The molecule has 192 valence electrons. The van der Waals surface area contributed by atoms with Crippen LogP contribution in [0.3, 0.4) is 0 Å². The van der Waals surface area contributed by atoms with E-state index in [-0.39, 0.29) is 6.04 Å². The van der Waals surface area contributed by atoms with Gasteiger partial charge in [0.2, 0.25) is 0 Å². The molecule has 1 amide bonds. The largest absolute Gasteiger partial charge is 0.465 e. The van der Waals surface area contributed by atoms with Crippen molar-refractivity contribution >= 4 is 39.8 Å². The van der Waals surface area contributed by atoms with Gasteiger partial charge in [-0.05, 0) is 79.4 Å². The van der Waals surface area contributed by atoms with Crippen molar-refractivity contribution in [2.75, 3.05) is 29.9 Å². The third kappa shape index (κ3) is 4.56. The number of pyridine rings is 1. The van der Waals surface area contributed by atoms with E-state index in [2.05, 4.69) is 80.5 Å². The van der Waals surface area contributed by atoms with E-state index in [1.807, 2.05) is 18.3 Å². The molecule has 2 aromatic carbocycles. The fraction of sp³-hybridized carbons (Fsp3) is 0.250. The molecule has 1 aliphatic rings. The van der Waals surface area contributed by atoms with Crippen LogP contribution in [0.5, 0.6) is 0 Å². The maximum Gasteiger partial charge on any atom is 0.407 e. The molecule has 10 heteroatoms. The molecule has 4 heterocycles. The predicted octanol–water partition coefficient (Wildman–Crippen LogP) is 4.50. The van der Waals surface area contributed by atoms with Crippen LogP contribution in [0, 0.1) is 6.92 Å². The summed E-state index contributed by atoms with van der Waals surface area (Å²) in [6, 6.07) is 16.7. The van der Waals surface area contributed by atoms with Gasteiger partial charge >= 0.3 is 6.09 Å². The highest BCUT2D eigenvalue weighted by atomic mass is 16.4. The highest BCUT2D eigenvalue weighted by molar-refractivity contribution is 5.93. The standard InChI is InChI=1S/C28H28N8O2/c1-18-11-22(4-3-21(18)12-20-7-8-36-26(13-20)30-17-32-36)33-27-24-14-23(5-6-25(24)29-16-31-27)35-10-9-34(28(37)38)15-19(35)2/h3-8,11,13-14,16-17,19H,9-10,12,15H2,1-2H3,(H,37,38)(H,29,31,33). The minimum Gasteiger partial charge on any atom is -0.465 e. The Balaban J connectivity index is 1.23. The fourth-order valence-electron chi connectivity index (χ4n) is 5.13. The molecule has 6 rings (SSSR count). The lowest BCUT2D eigenvalue weighted by Crippen LogP contribution is -2.53. The van der Waals surface area contributed by atoms with E-state index in [4.69, 9.17) is 0 Å². The van der Waals surface area contributed by atoms with Crippen LogP contribution < -0.4 is 10.2 Å². The first kappa shape index (κ1) is 23.7. The van der Waals surface area contributed by atoms with Gasteiger partial charge < -0.3 is 20.2 Å². The van der Waals surface area contributed by atoms with E-state index in [9.17, 15) is 9.90 Å². The number of aromatic nitrogens is 5. The summed E-state index contributed by atoms with van der Waals surface area (Å²) in [6.07, 6.45) is 5.00. The third-order valence-electron chi connectivity index (χ3n) is 7.19. The minimum absolute atomic E-state index is 0.0685. The van der Waals surface area contributed by atoms with E-state index >= 15 is 0 Å². The van der Waals surface area contributed by atoms with Crippen molar-refractivity contribution in [3.8, 4) is 0 Å². The molecular formula is C28H28N8O2. The lowest BCUT2D eigenvalue weighted by molar-refractivity contribution is 0.136. The first-order chi connectivity index (χ1) is 18.4. The molecule has 1 saturated heterocycles. The molecule has 2 N–H and O–H groups in total. The Morgan fingerprint density at radius 1 is 1.05 bits per heavy atom. The van der Waals surface area contributed by atoms with Crippen molar-refractivity contribution in [3.05, 3.63) is 84.1 Å². The Labute approximate surface area is 219 Å². The summed E-state index contributed by atoms with van der Waals surface area (Å²) < 4.78 is 1.76. The molecule has 5 aromatic rings. The van der Waals surface area contributed by atoms with Crippen LogP contribution in [0.25, 0.3) is 16.6 Å². The van der Waals surface area contributed by atoms with Crippen LogP contribution in [0.15, 0.2) is 67.4 Å². The van der Waals surface area contributed by atoms with Crippen LogP contribution in [0.4, 0.5) is 22.0 Å². The van der Waals surface area contributed by atoms with Crippen LogP contribution in [0.1, 0.15) is 23.6 Å². The molecule has 1 fully saturated rings. The lowest BCUT2D eigenvalue weighted by Gasteiger charge is -2.40. The zero-order valence-corrected chi connectivity index (χ0v) is 21.2. The number of hydrogen-bond donors (Lipinski definition) is 2. The predicted molar refractivity (Wildman–Crippen MR) is 146 cm³/mol. The van der Waals surface area contributed by atoms with Gasteiger partial charge in [0, 0.05) is 48.6 Å². The maximum atomic E-state index is 11.4. The van der Waals surface area contributed by atoms with E-state index in [0.29, 0.717) is 19.6 Å². The number of anilines is 3. The first-order valence-corrected chi connectivity index (χ1v) is 12.6. The van der Waals surface area contributed by atoms with Gasteiger partial charge in [0.05, 0.1) is 5.52 Å². The van der Waals surface area contributed by atoms with Gasteiger partial charge in [0.25, 0.3) is 0 Å². The monoisotopic (exact) mass is 508 g/mol. The van der Waals surface area contributed by atoms with Gasteiger partial charge in [-0.25, -0.2) is 24.3 Å². The van der Waals surface area contributed by atoms with E-state index in [0.717, 1.165) is 40.2 Å². The number of fused-ring (bicyclic) bond motifs is 2. The Morgan fingerprint density at radius 2 is 1.95 bits per heavy atom. The molecule has 0 bridgehead atoms. The highest BCUT2D eigenvalue weighted by Gasteiger charge is 2.27. The van der Waals surface area contributed by atoms with Crippen LogP contribution in [0.2, 0.25) is 0 Å². The number of nitrogens with one attached hydrogen (secondary N) is 1. The average Bonchev–Trinajstić information content (AvgIpc) is 3.38. The van der Waals surface area contributed by atoms with Crippen LogP contribution in [-0.2, 0) is 6.42 Å². The van der Waals surface area contributed by atoms with Gasteiger partial charge in [-0.15, -0.1) is 0 Å². The number of amides is 1. The summed E-state index contributed by atoms with van der Waals surface area (Å²) >= 11 is 0. The summed E-state index contributed by atoms with van der Waals surface area (Å²) in [5.41, 5.74) is 7.27. The number of aryl methyl sites for hydroxylation is 1. The smallest absolute Gasteiger partial charge is 0.407 e. The van der Waals surface area contributed by atoms with Gasteiger partial charge in [-0.2, -0.15) is 5.10 Å². The molecule has 0 spiro atoms. The van der Waals surface area contributed by atoms with Crippen molar-refractivity contribution in [1.29, 1.82) is 0 Å². The number of nitrogens with zero attached hydrogens (tertiary/aromatic N) is 7. The molecular weight excluding hydrogens is 480 g/mol. The lowest BCUT2D eigenvalue weighted by atomic mass is 10.0. The molecule has 3 aromatic heterocycles. The fourth-order valence-corrected chi connectivity index (χ4v) is 5.13. The summed E-state index contributed by atoms with van der Waals surface area (Å²) in [6.45, 7) is 5.76. The number of piperazine rings is 1. The molecule has 0 saturated carbocycles. The normalized spacial score (nSPS) is 15.8. The Morgan fingerprint density at radius 3 is 2.76 bits per heavy atom. The van der Waals surface area contributed by atoms with Gasteiger partial charge in [0.15, 0.2) is 5.65 Å². The molecule has 10 nitrogen and oxygen atoms in total. The zero-order chi connectivity index (χ0) is 26.2. The van der Waals surface area contributed by atoms with Gasteiger partial charge in [-0.1, -0.05) is 6.07 Å². The summed E-state index contributed by atoms with van der Waals surface area (Å²) in [5.74, 6) is 0.734. The molecule has 0 radical (unpaired) electrons. The van der Waals surface area contributed by atoms with Gasteiger partial charge in [0.1, 0.15) is 18.5 Å². The van der Waals surface area contributed by atoms with E-state index in [1.54, 1.807) is 17.2 Å². The number of rotatable bonds is 5. The zero-order valence-electron chi connectivity index (χ0n) is 21.2. The van der Waals surface area contributed by atoms with Crippen LogP contribution in [-0.4, -0.2) is 66.3 Å². The SMILES string of the molecule is Cc1cc(Nc2ncnc3ccc(N4CCN(C(=O)O)CC4C)cc23)ccc1Cc1ccn2ncnc2c1. The second kappa shape index (κ2) is 9.62. The number of carboxylic acid groups (broad SMARTS) is 1.